The molecule has 1 aromatic heterocycles. The number of pyridine rings is 1. The van der Waals surface area contributed by atoms with Gasteiger partial charge in [-0.25, -0.2) is 13.6 Å². The number of carbonyl (C=O) groups excluding carboxylic acids is 2. The molecule has 3 amide bonds. The van der Waals surface area contributed by atoms with Gasteiger partial charge in [0.15, 0.2) is 0 Å². The molecule has 0 saturated carbocycles. The third kappa shape index (κ3) is 3.79. The molecule has 1 aliphatic rings. The number of amides is 3. The third-order valence-corrected chi connectivity index (χ3v) is 4.21. The monoisotopic (exact) mass is 360 g/mol. The summed E-state index contributed by atoms with van der Waals surface area (Å²) in [6.45, 7) is 1.85. The number of urea groups is 1. The Morgan fingerprint density at radius 2 is 2.19 bits per heavy atom. The van der Waals surface area contributed by atoms with E-state index < -0.39 is 23.6 Å². The van der Waals surface area contributed by atoms with Crippen molar-refractivity contribution >= 4 is 17.6 Å². The lowest BCUT2D eigenvalue weighted by atomic mass is 10.0. The predicted molar refractivity (Wildman–Crippen MR) is 91.2 cm³/mol. The van der Waals surface area contributed by atoms with Gasteiger partial charge in [-0.15, -0.1) is 0 Å². The molecule has 0 spiro atoms. The van der Waals surface area contributed by atoms with Crippen LogP contribution >= 0.6 is 0 Å². The van der Waals surface area contributed by atoms with E-state index in [0.717, 1.165) is 17.7 Å². The highest BCUT2D eigenvalue weighted by Gasteiger charge is 2.25. The fraction of sp³-hybridized carbons (Fsp3) is 0.278. The van der Waals surface area contributed by atoms with E-state index in [1.165, 1.54) is 11.0 Å². The zero-order valence-electron chi connectivity index (χ0n) is 14.1. The molecule has 2 heterocycles. The number of nitrogens with zero attached hydrogens (tertiary/aromatic N) is 2. The number of aromatic nitrogens is 1. The van der Waals surface area contributed by atoms with Gasteiger partial charge in [-0.1, -0.05) is 13.0 Å². The molecule has 2 N–H and O–H groups in total. The van der Waals surface area contributed by atoms with Crippen LogP contribution in [0.2, 0.25) is 0 Å². The second-order valence-corrected chi connectivity index (χ2v) is 6.01. The van der Waals surface area contributed by atoms with Gasteiger partial charge in [0.25, 0.3) is 0 Å². The molecule has 0 radical (unpaired) electrons. The van der Waals surface area contributed by atoms with Crippen LogP contribution in [0.4, 0.5) is 19.3 Å². The maximum Gasteiger partial charge on any atom is 0.322 e. The second-order valence-electron chi connectivity index (χ2n) is 6.01. The third-order valence-electron chi connectivity index (χ3n) is 4.21. The Labute approximate surface area is 149 Å². The first kappa shape index (κ1) is 17.8. The number of halogens is 2. The fourth-order valence-corrected chi connectivity index (χ4v) is 2.87. The van der Waals surface area contributed by atoms with E-state index in [1.54, 1.807) is 25.4 Å². The standard InChI is InChI=1S/C18H18F2N4O2/c1-2-15(13-4-3-12(19)7-14(13)20)22-17(25)10-24-9-11-8-21-6-5-16(11)23-18(24)26/h3-8,15H,2,9-10H2,1H3,(H,22,25)(H,23,26)/t15-/m0/s1. The van der Waals surface area contributed by atoms with E-state index in [1.807, 2.05) is 0 Å². The highest BCUT2D eigenvalue weighted by Crippen LogP contribution is 2.23. The van der Waals surface area contributed by atoms with Crippen LogP contribution in [0.3, 0.4) is 0 Å². The van der Waals surface area contributed by atoms with E-state index in [-0.39, 0.29) is 24.7 Å². The lowest BCUT2D eigenvalue weighted by Gasteiger charge is -2.29. The summed E-state index contributed by atoms with van der Waals surface area (Å²) >= 11 is 0. The van der Waals surface area contributed by atoms with Gasteiger partial charge in [0, 0.05) is 29.6 Å². The number of anilines is 1. The van der Waals surface area contributed by atoms with Crippen LogP contribution in [-0.4, -0.2) is 28.4 Å². The van der Waals surface area contributed by atoms with Crippen LogP contribution < -0.4 is 10.6 Å². The molecule has 0 unspecified atom stereocenters. The number of rotatable bonds is 5. The van der Waals surface area contributed by atoms with Gasteiger partial charge in [0.1, 0.15) is 18.2 Å². The van der Waals surface area contributed by atoms with Crippen molar-refractivity contribution in [1.29, 1.82) is 0 Å². The largest absolute Gasteiger partial charge is 0.348 e. The fourth-order valence-electron chi connectivity index (χ4n) is 2.87. The van der Waals surface area contributed by atoms with E-state index in [9.17, 15) is 18.4 Å². The Morgan fingerprint density at radius 1 is 1.38 bits per heavy atom. The molecule has 1 atom stereocenters. The molecule has 6 nitrogen and oxygen atoms in total. The molecule has 8 heteroatoms. The molecule has 1 aromatic carbocycles. The van der Waals surface area contributed by atoms with Crippen molar-refractivity contribution < 1.29 is 18.4 Å². The quantitative estimate of drug-likeness (QED) is 0.861. The minimum atomic E-state index is -0.715. The van der Waals surface area contributed by atoms with E-state index in [2.05, 4.69) is 15.6 Å². The van der Waals surface area contributed by atoms with Crippen LogP contribution in [-0.2, 0) is 11.3 Å². The summed E-state index contributed by atoms with van der Waals surface area (Å²) in [5.74, 6) is -1.82. The molecule has 26 heavy (non-hydrogen) atoms. The highest BCUT2D eigenvalue weighted by atomic mass is 19.1. The van der Waals surface area contributed by atoms with Crippen molar-refractivity contribution in [3.8, 4) is 0 Å². The van der Waals surface area contributed by atoms with Crippen molar-refractivity contribution in [2.24, 2.45) is 0 Å². The lowest BCUT2D eigenvalue weighted by molar-refractivity contribution is -0.122. The van der Waals surface area contributed by atoms with Crippen molar-refractivity contribution in [2.75, 3.05) is 11.9 Å². The summed E-state index contributed by atoms with van der Waals surface area (Å²) in [6.07, 6.45) is 3.63. The molecule has 1 aliphatic heterocycles. The second kappa shape index (κ2) is 7.47. The van der Waals surface area contributed by atoms with Crippen molar-refractivity contribution in [3.63, 3.8) is 0 Å². The first-order chi connectivity index (χ1) is 12.5. The summed E-state index contributed by atoms with van der Waals surface area (Å²) in [7, 11) is 0. The van der Waals surface area contributed by atoms with Gasteiger partial charge in [-0.2, -0.15) is 0 Å². The Bertz CT molecular complexity index is 844. The van der Waals surface area contributed by atoms with Gasteiger partial charge in [-0.3, -0.25) is 9.78 Å². The van der Waals surface area contributed by atoms with Crippen molar-refractivity contribution in [1.82, 2.24) is 15.2 Å². The molecule has 3 rings (SSSR count). The maximum absolute atomic E-state index is 14.0. The normalized spacial score (nSPS) is 14.4. The predicted octanol–water partition coefficient (Wildman–Crippen LogP) is 2.97. The summed E-state index contributed by atoms with van der Waals surface area (Å²) < 4.78 is 27.0. The molecule has 2 aromatic rings. The average molecular weight is 360 g/mol. The Morgan fingerprint density at radius 3 is 2.92 bits per heavy atom. The van der Waals surface area contributed by atoms with Crippen LogP contribution in [0, 0.1) is 11.6 Å². The molecule has 0 aliphatic carbocycles. The van der Waals surface area contributed by atoms with E-state index in [4.69, 9.17) is 0 Å². The number of hydrogen-bond donors (Lipinski definition) is 2. The first-order valence-corrected chi connectivity index (χ1v) is 8.21. The van der Waals surface area contributed by atoms with Gasteiger partial charge < -0.3 is 15.5 Å². The maximum atomic E-state index is 14.0. The number of fused-ring (bicyclic) bond motifs is 1. The number of carbonyl (C=O) groups is 2. The molecule has 0 bridgehead atoms. The smallest absolute Gasteiger partial charge is 0.322 e. The first-order valence-electron chi connectivity index (χ1n) is 8.21. The number of nitrogens with one attached hydrogen (secondary N) is 2. The SMILES string of the molecule is CC[C@H](NC(=O)CN1Cc2cnccc2NC1=O)c1ccc(F)cc1F. The molecular weight excluding hydrogens is 342 g/mol. The van der Waals surface area contributed by atoms with Gasteiger partial charge >= 0.3 is 6.03 Å². The van der Waals surface area contributed by atoms with Crippen LogP contribution in [0.5, 0.6) is 0 Å². The van der Waals surface area contributed by atoms with E-state index in [0.29, 0.717) is 12.1 Å². The van der Waals surface area contributed by atoms with Gasteiger partial charge in [0.05, 0.1) is 18.3 Å². The summed E-state index contributed by atoms with van der Waals surface area (Å²) in [6, 6.07) is 3.94. The summed E-state index contributed by atoms with van der Waals surface area (Å²) in [5, 5.41) is 5.39. The number of hydrogen-bond acceptors (Lipinski definition) is 3. The zero-order chi connectivity index (χ0) is 18.7. The van der Waals surface area contributed by atoms with Gasteiger partial charge in [-0.05, 0) is 18.6 Å². The molecule has 0 saturated heterocycles. The minimum absolute atomic E-state index is 0.181. The lowest BCUT2D eigenvalue weighted by Crippen LogP contribution is -2.45. The number of benzene rings is 1. The van der Waals surface area contributed by atoms with Crippen LogP contribution in [0.1, 0.15) is 30.5 Å². The van der Waals surface area contributed by atoms with E-state index >= 15 is 0 Å². The van der Waals surface area contributed by atoms with Crippen LogP contribution in [0.25, 0.3) is 0 Å². The Kier molecular flexibility index (Phi) is 5.11. The Hall–Kier alpha value is -3.03. The highest BCUT2D eigenvalue weighted by molar-refractivity contribution is 5.94. The molecule has 0 fully saturated rings. The average Bonchev–Trinajstić information content (AvgIpc) is 2.61. The zero-order valence-corrected chi connectivity index (χ0v) is 14.1. The summed E-state index contributed by atoms with van der Waals surface area (Å²) in [4.78, 5) is 29.8. The minimum Gasteiger partial charge on any atom is -0.348 e. The van der Waals surface area contributed by atoms with Gasteiger partial charge in [0.2, 0.25) is 5.91 Å². The topological polar surface area (TPSA) is 74.3 Å². The molecular formula is C18H18F2N4O2. The molecule has 136 valence electrons. The van der Waals surface area contributed by atoms with Crippen molar-refractivity contribution in [3.05, 3.63) is 59.4 Å². The van der Waals surface area contributed by atoms with Crippen LogP contribution in [0.15, 0.2) is 36.7 Å². The van der Waals surface area contributed by atoms with Crippen molar-refractivity contribution in [2.45, 2.75) is 25.9 Å². The summed E-state index contributed by atoms with van der Waals surface area (Å²) in [5.41, 5.74) is 1.68. The Balaban J connectivity index is 1.67.